The number of nitrogens with one attached hydrogen (secondary N) is 2. The monoisotopic (exact) mass is 641 g/mol. The molecule has 0 atom stereocenters. The number of fused-ring (bicyclic) bond motifs is 1. The molecule has 11 nitrogen and oxygen atoms in total. The number of halogens is 1. The van der Waals surface area contributed by atoms with E-state index in [0.717, 1.165) is 37.3 Å². The van der Waals surface area contributed by atoms with Crippen LogP contribution in [0.2, 0.25) is 0 Å². The van der Waals surface area contributed by atoms with Gasteiger partial charge in [0.05, 0.1) is 28.1 Å². The molecule has 0 amide bonds. The molecule has 41 heavy (non-hydrogen) atoms. The lowest BCUT2D eigenvalue weighted by atomic mass is 10.1. The number of rotatable bonds is 12. The summed E-state index contributed by atoms with van der Waals surface area (Å²) in [6, 6.07) is 5.73. The molecule has 4 aromatic rings. The minimum absolute atomic E-state index is 0.350. The van der Waals surface area contributed by atoms with Gasteiger partial charge in [-0.05, 0) is 86.5 Å². The van der Waals surface area contributed by atoms with Crippen molar-refractivity contribution >= 4 is 68.4 Å². The summed E-state index contributed by atoms with van der Waals surface area (Å²) in [7, 11) is 5.07. The van der Waals surface area contributed by atoms with Crippen LogP contribution in [-0.4, -0.2) is 84.5 Å². The minimum Gasteiger partial charge on any atom is -0.479 e. The Labute approximate surface area is 249 Å². The van der Waals surface area contributed by atoms with Crippen molar-refractivity contribution in [3.8, 4) is 5.88 Å². The van der Waals surface area contributed by atoms with E-state index in [0.29, 0.717) is 49.8 Å². The smallest absolute Gasteiger partial charge is 0.239 e. The van der Waals surface area contributed by atoms with E-state index in [2.05, 4.69) is 79.4 Å². The van der Waals surface area contributed by atoms with Gasteiger partial charge in [0.2, 0.25) is 11.8 Å². The summed E-state index contributed by atoms with van der Waals surface area (Å²) >= 11 is 3.55. The standard InChI is InChI=1S/C28H37BrN9O2P/c1-8-18-16-22(27(40-5)36-26(18)38(4)15-9-14-37(2)3)34-28-32-17-19(29)25(35-28)33-21-11-10-20-23(31-13-12-30-20)24(21)41(6,7)39/h10-13,16-17H,8-9,14-15H2,1-7H3,(H2,32,33,34,35). The van der Waals surface area contributed by atoms with E-state index >= 15 is 0 Å². The van der Waals surface area contributed by atoms with Gasteiger partial charge in [-0.1, -0.05) is 6.92 Å². The van der Waals surface area contributed by atoms with Gasteiger partial charge in [0.15, 0.2) is 0 Å². The number of methoxy groups -OCH3 is 1. The molecule has 2 N–H and O–H groups in total. The molecular weight excluding hydrogens is 605 g/mol. The van der Waals surface area contributed by atoms with Crippen LogP contribution in [-0.2, 0) is 11.0 Å². The number of aryl methyl sites for hydroxylation is 1. The van der Waals surface area contributed by atoms with Crippen molar-refractivity contribution in [3.63, 3.8) is 0 Å². The molecule has 1 aromatic carbocycles. The fourth-order valence-electron chi connectivity index (χ4n) is 4.53. The summed E-state index contributed by atoms with van der Waals surface area (Å²) in [4.78, 5) is 27.2. The number of anilines is 5. The van der Waals surface area contributed by atoms with E-state index in [1.807, 2.05) is 18.2 Å². The van der Waals surface area contributed by atoms with Crippen molar-refractivity contribution in [2.45, 2.75) is 19.8 Å². The maximum Gasteiger partial charge on any atom is 0.239 e. The lowest BCUT2D eigenvalue weighted by Gasteiger charge is -2.23. The summed E-state index contributed by atoms with van der Waals surface area (Å²) in [5, 5.41) is 7.23. The molecular formula is C28H37BrN9O2P. The third-order valence-electron chi connectivity index (χ3n) is 6.47. The van der Waals surface area contributed by atoms with E-state index < -0.39 is 7.14 Å². The Hall–Kier alpha value is -3.34. The first-order valence-electron chi connectivity index (χ1n) is 13.3. The molecule has 4 rings (SSSR count). The van der Waals surface area contributed by atoms with Crippen LogP contribution in [0.15, 0.2) is 41.3 Å². The van der Waals surface area contributed by atoms with Crippen LogP contribution >= 0.6 is 23.1 Å². The molecule has 0 unspecified atom stereocenters. The van der Waals surface area contributed by atoms with Crippen LogP contribution < -0.4 is 25.6 Å². The topological polar surface area (TPSA) is 121 Å². The highest BCUT2D eigenvalue weighted by molar-refractivity contribution is 9.10. The lowest BCUT2D eigenvalue weighted by Crippen LogP contribution is -2.25. The number of hydrogen-bond acceptors (Lipinski definition) is 11. The summed E-state index contributed by atoms with van der Waals surface area (Å²) in [6.45, 7) is 7.43. The van der Waals surface area contributed by atoms with Gasteiger partial charge in [0.25, 0.3) is 0 Å². The van der Waals surface area contributed by atoms with Gasteiger partial charge in [-0.25, -0.2) is 4.98 Å². The molecule has 0 aliphatic rings. The maximum absolute atomic E-state index is 13.3. The number of nitrogens with zero attached hydrogens (tertiary/aromatic N) is 7. The maximum atomic E-state index is 13.3. The molecule has 0 aliphatic heterocycles. The number of aromatic nitrogens is 5. The van der Waals surface area contributed by atoms with Gasteiger partial charge in [-0.15, -0.1) is 0 Å². The fourth-order valence-corrected chi connectivity index (χ4v) is 6.21. The zero-order chi connectivity index (χ0) is 29.7. The van der Waals surface area contributed by atoms with E-state index in [4.69, 9.17) is 14.7 Å². The second-order valence-corrected chi connectivity index (χ2v) is 14.3. The molecule has 13 heteroatoms. The zero-order valence-electron chi connectivity index (χ0n) is 24.6. The average Bonchev–Trinajstić information content (AvgIpc) is 2.93. The molecule has 0 saturated heterocycles. The summed E-state index contributed by atoms with van der Waals surface area (Å²) < 4.78 is 19.6. The lowest BCUT2D eigenvalue weighted by molar-refractivity contribution is 0.397. The van der Waals surface area contributed by atoms with Crippen LogP contribution in [0.25, 0.3) is 11.0 Å². The van der Waals surface area contributed by atoms with Crippen LogP contribution in [0, 0.1) is 0 Å². The Bertz CT molecular complexity index is 1580. The van der Waals surface area contributed by atoms with Crippen LogP contribution in [0.1, 0.15) is 18.9 Å². The molecule has 0 spiro atoms. The van der Waals surface area contributed by atoms with Crippen LogP contribution in [0.4, 0.5) is 29.0 Å². The normalized spacial score (nSPS) is 11.6. The summed E-state index contributed by atoms with van der Waals surface area (Å²) in [5.41, 5.74) is 3.67. The Morgan fingerprint density at radius 1 is 1.00 bits per heavy atom. The Morgan fingerprint density at radius 3 is 2.44 bits per heavy atom. The molecule has 0 aliphatic carbocycles. The molecule has 0 fully saturated rings. The third-order valence-corrected chi connectivity index (χ3v) is 8.58. The third kappa shape index (κ3) is 7.30. The van der Waals surface area contributed by atoms with Gasteiger partial charge in [-0.3, -0.25) is 9.97 Å². The van der Waals surface area contributed by atoms with Crippen molar-refractivity contribution in [1.82, 2.24) is 29.8 Å². The van der Waals surface area contributed by atoms with Crippen molar-refractivity contribution in [2.75, 3.05) is 70.2 Å². The molecule has 3 heterocycles. The number of benzene rings is 1. The van der Waals surface area contributed by atoms with E-state index in [-0.39, 0.29) is 0 Å². The minimum atomic E-state index is -2.74. The van der Waals surface area contributed by atoms with Crippen molar-refractivity contribution in [3.05, 3.63) is 46.8 Å². The first kappa shape index (κ1) is 30.6. The first-order chi connectivity index (χ1) is 19.5. The van der Waals surface area contributed by atoms with Gasteiger partial charge in [-0.2, -0.15) is 9.97 Å². The van der Waals surface area contributed by atoms with E-state index in [1.54, 1.807) is 39.0 Å². The van der Waals surface area contributed by atoms with Crippen LogP contribution in [0.3, 0.4) is 0 Å². The van der Waals surface area contributed by atoms with E-state index in [9.17, 15) is 4.57 Å². The molecule has 218 valence electrons. The first-order valence-corrected chi connectivity index (χ1v) is 16.7. The number of pyridine rings is 1. The van der Waals surface area contributed by atoms with E-state index in [1.165, 1.54) is 0 Å². The second kappa shape index (κ2) is 13.1. The number of hydrogen-bond donors (Lipinski definition) is 2. The molecule has 0 radical (unpaired) electrons. The largest absolute Gasteiger partial charge is 0.479 e. The SMILES string of the molecule is CCc1cc(Nc2ncc(Br)c(Nc3ccc4nccnc4c3P(C)(C)=O)n2)c(OC)nc1N(C)CCCN(C)C. The Balaban J connectivity index is 1.65. The van der Waals surface area contributed by atoms with Crippen LogP contribution in [0.5, 0.6) is 5.88 Å². The number of ether oxygens (including phenoxy) is 1. The summed E-state index contributed by atoms with van der Waals surface area (Å²) in [5.74, 6) is 2.19. The van der Waals surface area contributed by atoms with Gasteiger partial charge < -0.3 is 29.7 Å². The highest BCUT2D eigenvalue weighted by atomic mass is 79.9. The molecule has 0 bridgehead atoms. The predicted molar refractivity (Wildman–Crippen MR) is 172 cm³/mol. The quantitative estimate of drug-likeness (QED) is 0.197. The predicted octanol–water partition coefficient (Wildman–Crippen LogP) is 5.27. The Kier molecular flexibility index (Phi) is 9.78. The van der Waals surface area contributed by atoms with Gasteiger partial charge in [0, 0.05) is 32.2 Å². The van der Waals surface area contributed by atoms with Gasteiger partial charge in [0.1, 0.15) is 30.0 Å². The Morgan fingerprint density at radius 2 is 1.76 bits per heavy atom. The van der Waals surface area contributed by atoms with Crippen molar-refractivity contribution in [1.29, 1.82) is 0 Å². The van der Waals surface area contributed by atoms with Crippen molar-refractivity contribution in [2.24, 2.45) is 0 Å². The zero-order valence-corrected chi connectivity index (χ0v) is 27.0. The second-order valence-electron chi connectivity index (χ2n) is 10.3. The highest BCUT2D eigenvalue weighted by Gasteiger charge is 2.23. The average molecular weight is 643 g/mol. The molecule has 0 saturated carbocycles. The van der Waals surface area contributed by atoms with Gasteiger partial charge >= 0.3 is 0 Å². The fraction of sp³-hybridized carbons (Fsp3) is 0.393. The summed E-state index contributed by atoms with van der Waals surface area (Å²) in [6.07, 6.45) is 6.71. The molecule has 3 aromatic heterocycles. The highest BCUT2D eigenvalue weighted by Crippen LogP contribution is 2.41. The van der Waals surface area contributed by atoms with Crippen molar-refractivity contribution < 1.29 is 9.30 Å².